The van der Waals surface area contributed by atoms with Gasteiger partial charge in [0.25, 0.3) is 0 Å². The van der Waals surface area contributed by atoms with Crippen molar-refractivity contribution in [2.75, 3.05) is 0 Å². The van der Waals surface area contributed by atoms with Gasteiger partial charge in [-0.2, -0.15) is 0 Å². The molecule has 4 heteroatoms. The van der Waals surface area contributed by atoms with Gasteiger partial charge < -0.3 is 11.1 Å². The Hall–Kier alpha value is -1.06. The summed E-state index contributed by atoms with van der Waals surface area (Å²) in [5.41, 5.74) is 5.38. The minimum absolute atomic E-state index is 0.00574. The fourth-order valence-electron chi connectivity index (χ4n) is 3.33. The van der Waals surface area contributed by atoms with Gasteiger partial charge in [-0.05, 0) is 64.2 Å². The molecule has 0 aromatic carbocycles. The van der Waals surface area contributed by atoms with E-state index >= 15 is 0 Å². The van der Waals surface area contributed by atoms with Gasteiger partial charge in [0.05, 0.1) is 0 Å². The second-order valence-corrected chi connectivity index (χ2v) is 8.58. The summed E-state index contributed by atoms with van der Waals surface area (Å²) in [7, 11) is 0. The van der Waals surface area contributed by atoms with E-state index in [4.69, 9.17) is 5.73 Å². The first kappa shape index (κ1) is 17.3. The summed E-state index contributed by atoms with van der Waals surface area (Å²) in [5, 5.41) is 3.06. The van der Waals surface area contributed by atoms with E-state index in [0.717, 1.165) is 25.2 Å². The predicted octanol–water partition coefficient (Wildman–Crippen LogP) is 2.86. The number of primary amides is 1. The molecule has 2 saturated carbocycles. The third-order valence-corrected chi connectivity index (χ3v) is 5.10. The molecule has 126 valence electrons. The van der Waals surface area contributed by atoms with Crippen LogP contribution in [0.3, 0.4) is 0 Å². The number of amides is 2. The van der Waals surface area contributed by atoms with E-state index in [0.29, 0.717) is 11.8 Å². The van der Waals surface area contributed by atoms with Crippen molar-refractivity contribution in [3.63, 3.8) is 0 Å². The Morgan fingerprint density at radius 1 is 1.23 bits per heavy atom. The van der Waals surface area contributed by atoms with E-state index in [9.17, 15) is 9.59 Å². The number of hydrogen-bond donors (Lipinski definition) is 2. The molecule has 2 amide bonds. The molecule has 0 radical (unpaired) electrons. The standard InChI is InChI=1S/C18H32N2O2/c1-11-9-13(11)10-15(17(22)20-18(2,3)4)14(16(19)21)8-7-12-5-6-12/h11-15H,5-10H2,1-4H3,(H2,19,21)(H,20,22)/t11?,13?,14?,15-/m1/s1. The van der Waals surface area contributed by atoms with Crippen LogP contribution in [0.4, 0.5) is 0 Å². The number of rotatable bonds is 8. The molecule has 0 saturated heterocycles. The first-order valence-electron chi connectivity index (χ1n) is 8.78. The molecule has 0 bridgehead atoms. The van der Waals surface area contributed by atoms with Gasteiger partial charge in [-0.25, -0.2) is 0 Å². The van der Waals surface area contributed by atoms with Crippen LogP contribution < -0.4 is 11.1 Å². The average Bonchev–Trinajstić information content (AvgIpc) is 3.25. The van der Waals surface area contributed by atoms with Crippen LogP contribution in [0, 0.1) is 29.6 Å². The number of carbonyl (C=O) groups excluding carboxylic acids is 2. The molecule has 0 aromatic heterocycles. The van der Waals surface area contributed by atoms with Crippen molar-refractivity contribution < 1.29 is 9.59 Å². The zero-order chi connectivity index (χ0) is 16.5. The zero-order valence-electron chi connectivity index (χ0n) is 14.5. The fraction of sp³-hybridized carbons (Fsp3) is 0.889. The van der Waals surface area contributed by atoms with Crippen LogP contribution in [0.5, 0.6) is 0 Å². The highest BCUT2D eigenvalue weighted by Gasteiger charge is 2.42. The minimum Gasteiger partial charge on any atom is -0.369 e. The molecule has 2 rings (SSSR count). The van der Waals surface area contributed by atoms with E-state index < -0.39 is 0 Å². The van der Waals surface area contributed by atoms with Crippen LogP contribution in [0.1, 0.15) is 66.2 Å². The van der Waals surface area contributed by atoms with Crippen LogP contribution in [0.25, 0.3) is 0 Å². The molecule has 4 atom stereocenters. The highest BCUT2D eigenvalue weighted by atomic mass is 16.2. The first-order valence-corrected chi connectivity index (χ1v) is 8.78. The summed E-state index contributed by atoms with van der Waals surface area (Å²) in [5.74, 6) is 1.16. The van der Waals surface area contributed by atoms with Crippen molar-refractivity contribution >= 4 is 11.8 Å². The van der Waals surface area contributed by atoms with Crippen LogP contribution in [-0.2, 0) is 9.59 Å². The molecule has 3 unspecified atom stereocenters. The largest absolute Gasteiger partial charge is 0.369 e. The normalized spacial score (nSPS) is 27.1. The van der Waals surface area contributed by atoms with Crippen molar-refractivity contribution in [1.82, 2.24) is 5.32 Å². The zero-order valence-corrected chi connectivity index (χ0v) is 14.5. The molecule has 2 fully saturated rings. The Labute approximate surface area is 134 Å². The van der Waals surface area contributed by atoms with Gasteiger partial charge in [-0.15, -0.1) is 0 Å². The lowest BCUT2D eigenvalue weighted by Gasteiger charge is -2.29. The molecule has 0 aromatic rings. The Bertz CT molecular complexity index is 423. The van der Waals surface area contributed by atoms with Gasteiger partial charge >= 0.3 is 0 Å². The molecule has 22 heavy (non-hydrogen) atoms. The van der Waals surface area contributed by atoms with E-state index in [-0.39, 0.29) is 29.2 Å². The molecule has 3 N–H and O–H groups in total. The number of carbonyl (C=O) groups is 2. The molecular formula is C18H32N2O2. The van der Waals surface area contributed by atoms with Gasteiger partial charge in [0.1, 0.15) is 0 Å². The van der Waals surface area contributed by atoms with Crippen molar-refractivity contribution in [2.45, 2.75) is 71.8 Å². The third-order valence-electron chi connectivity index (χ3n) is 5.10. The van der Waals surface area contributed by atoms with Gasteiger partial charge in [0.2, 0.25) is 11.8 Å². The van der Waals surface area contributed by atoms with Crippen LogP contribution >= 0.6 is 0 Å². The molecular weight excluding hydrogens is 276 g/mol. The third kappa shape index (κ3) is 5.29. The lowest BCUT2D eigenvalue weighted by molar-refractivity contribution is -0.135. The predicted molar refractivity (Wildman–Crippen MR) is 87.9 cm³/mol. The second-order valence-electron chi connectivity index (χ2n) is 8.58. The molecule has 0 heterocycles. The molecule has 0 aliphatic heterocycles. The lowest BCUT2D eigenvalue weighted by atomic mass is 9.82. The monoisotopic (exact) mass is 308 g/mol. The summed E-state index contributed by atoms with van der Waals surface area (Å²) in [6, 6.07) is 0. The maximum atomic E-state index is 12.7. The van der Waals surface area contributed by atoms with Gasteiger partial charge in [-0.1, -0.05) is 19.8 Å². The molecule has 4 nitrogen and oxygen atoms in total. The van der Waals surface area contributed by atoms with Crippen LogP contribution in [0.15, 0.2) is 0 Å². The lowest BCUT2D eigenvalue weighted by Crippen LogP contribution is -2.47. The quantitative estimate of drug-likeness (QED) is 0.723. The van der Waals surface area contributed by atoms with Gasteiger partial charge in [0.15, 0.2) is 0 Å². The SMILES string of the molecule is CC1CC1C[C@@H](C(=O)NC(C)(C)C)C(CCC1CC1)C(N)=O. The highest BCUT2D eigenvalue weighted by Crippen LogP contribution is 2.45. The van der Waals surface area contributed by atoms with E-state index in [1.54, 1.807) is 0 Å². The Balaban J connectivity index is 2.04. The minimum atomic E-state index is -0.309. The average molecular weight is 308 g/mol. The smallest absolute Gasteiger partial charge is 0.224 e. The first-order chi connectivity index (χ1) is 10.2. The number of hydrogen-bond acceptors (Lipinski definition) is 2. The second kappa shape index (κ2) is 6.59. The Morgan fingerprint density at radius 2 is 1.82 bits per heavy atom. The van der Waals surface area contributed by atoms with Crippen molar-refractivity contribution in [3.8, 4) is 0 Å². The number of nitrogens with two attached hydrogens (primary N) is 1. The maximum absolute atomic E-state index is 12.7. The van der Waals surface area contributed by atoms with E-state index in [1.807, 2.05) is 20.8 Å². The maximum Gasteiger partial charge on any atom is 0.224 e. The summed E-state index contributed by atoms with van der Waals surface area (Å²) in [4.78, 5) is 24.7. The Kier molecular flexibility index (Phi) is 5.18. The van der Waals surface area contributed by atoms with Crippen LogP contribution in [-0.4, -0.2) is 17.4 Å². The molecule has 2 aliphatic carbocycles. The van der Waals surface area contributed by atoms with Crippen molar-refractivity contribution in [3.05, 3.63) is 0 Å². The number of nitrogens with one attached hydrogen (secondary N) is 1. The molecule has 0 spiro atoms. The topological polar surface area (TPSA) is 72.2 Å². The van der Waals surface area contributed by atoms with Crippen LogP contribution in [0.2, 0.25) is 0 Å². The van der Waals surface area contributed by atoms with Crippen molar-refractivity contribution in [1.29, 1.82) is 0 Å². The van der Waals surface area contributed by atoms with E-state index in [1.165, 1.54) is 19.3 Å². The van der Waals surface area contributed by atoms with Gasteiger partial charge in [-0.3, -0.25) is 9.59 Å². The van der Waals surface area contributed by atoms with Crippen molar-refractivity contribution in [2.24, 2.45) is 35.3 Å². The Morgan fingerprint density at radius 3 is 2.23 bits per heavy atom. The molecule has 2 aliphatic rings. The summed E-state index contributed by atoms with van der Waals surface area (Å²) >= 11 is 0. The van der Waals surface area contributed by atoms with E-state index in [2.05, 4.69) is 12.2 Å². The highest BCUT2D eigenvalue weighted by molar-refractivity contribution is 5.87. The summed E-state index contributed by atoms with van der Waals surface area (Å²) in [6.45, 7) is 8.15. The van der Waals surface area contributed by atoms with Gasteiger partial charge in [0, 0.05) is 17.4 Å². The summed E-state index contributed by atoms with van der Waals surface area (Å²) < 4.78 is 0. The summed E-state index contributed by atoms with van der Waals surface area (Å²) in [6.07, 6.45) is 6.32. The fourth-order valence-corrected chi connectivity index (χ4v) is 3.33.